The van der Waals surface area contributed by atoms with E-state index in [1.54, 1.807) is 7.11 Å². The summed E-state index contributed by atoms with van der Waals surface area (Å²) in [6.45, 7) is 18.8. The SMILES string of the molecule is COc1ccc(Cn2nc(NC3CCC(O[Si](C)(C)C(C)(C)C)CC3)c3c(-c4ccc(C5(NC(=O)c6ccc(C(C)(C)C)cc6)CC5)cc4)ccnc32)cc1. The standard InChI is InChI=1S/C46H59N5O3Si/c1-44(2,3)34-16-14-33(15-17-34)43(52)49-46(27-28-46)35-18-12-32(13-19-35)39-26-29-47-42-40(39)41(50-51(42)30-31-10-22-37(53-7)23-11-31)48-36-20-24-38(25-21-36)54-55(8,9)45(4,5)6/h10-19,22-23,26,29,36,38H,20-21,24-25,27-28,30H2,1-9H3,(H,48,50)(H,49,52). The number of benzene rings is 3. The summed E-state index contributed by atoms with van der Waals surface area (Å²) >= 11 is 0. The molecule has 1 amide bonds. The third kappa shape index (κ3) is 8.38. The van der Waals surface area contributed by atoms with Gasteiger partial charge < -0.3 is 19.8 Å². The second-order valence-corrected chi connectivity index (χ2v) is 23.1. The topological polar surface area (TPSA) is 90.3 Å². The summed E-state index contributed by atoms with van der Waals surface area (Å²) in [5, 5.41) is 13.7. The summed E-state index contributed by atoms with van der Waals surface area (Å²) in [4.78, 5) is 18.3. The van der Waals surface area contributed by atoms with Crippen molar-refractivity contribution in [3.8, 4) is 16.9 Å². The third-order valence-electron chi connectivity index (χ3n) is 12.3. The number of nitrogens with one attached hydrogen (secondary N) is 2. The molecule has 0 bridgehead atoms. The first kappa shape index (κ1) is 38.8. The second-order valence-electron chi connectivity index (χ2n) is 18.3. The Morgan fingerprint density at radius 3 is 2.11 bits per heavy atom. The summed E-state index contributed by atoms with van der Waals surface area (Å²) in [6.07, 6.45) is 8.20. The Balaban J connectivity index is 1.14. The maximum absolute atomic E-state index is 13.4. The summed E-state index contributed by atoms with van der Waals surface area (Å²) in [5.74, 6) is 1.67. The molecule has 2 N–H and O–H groups in total. The van der Waals surface area contributed by atoms with Crippen molar-refractivity contribution in [2.45, 2.75) is 128 Å². The summed E-state index contributed by atoms with van der Waals surface area (Å²) < 4.78 is 14.2. The number of hydrogen-bond donors (Lipinski definition) is 2. The number of anilines is 1. The van der Waals surface area contributed by atoms with Crippen LogP contribution >= 0.6 is 0 Å². The van der Waals surface area contributed by atoms with Crippen molar-refractivity contribution in [1.29, 1.82) is 0 Å². The number of rotatable bonds is 11. The summed E-state index contributed by atoms with van der Waals surface area (Å²) in [7, 11) is -0.139. The first-order valence-electron chi connectivity index (χ1n) is 20.0. The number of aromatic nitrogens is 3. The molecule has 3 aromatic carbocycles. The van der Waals surface area contributed by atoms with E-state index in [0.717, 1.165) is 83.4 Å². The van der Waals surface area contributed by atoms with E-state index in [1.165, 1.54) is 5.56 Å². The molecule has 2 saturated carbocycles. The lowest BCUT2D eigenvalue weighted by atomic mass is 9.86. The first-order valence-corrected chi connectivity index (χ1v) is 22.9. The number of methoxy groups -OCH3 is 1. The lowest BCUT2D eigenvalue weighted by Crippen LogP contribution is -2.45. The van der Waals surface area contributed by atoms with Gasteiger partial charge in [-0.2, -0.15) is 5.10 Å². The quantitative estimate of drug-likeness (QED) is 0.130. The van der Waals surface area contributed by atoms with E-state index in [4.69, 9.17) is 19.2 Å². The molecule has 2 aliphatic carbocycles. The van der Waals surface area contributed by atoms with Crippen LogP contribution in [0.25, 0.3) is 22.2 Å². The van der Waals surface area contributed by atoms with Crippen molar-refractivity contribution in [3.63, 3.8) is 0 Å². The van der Waals surface area contributed by atoms with Crippen LogP contribution < -0.4 is 15.4 Å². The van der Waals surface area contributed by atoms with Crippen LogP contribution in [0.5, 0.6) is 5.75 Å². The predicted molar refractivity (Wildman–Crippen MR) is 227 cm³/mol. The Labute approximate surface area is 328 Å². The van der Waals surface area contributed by atoms with Crippen LogP contribution in [0.1, 0.15) is 107 Å². The van der Waals surface area contributed by atoms with Gasteiger partial charge >= 0.3 is 0 Å². The average molecular weight is 758 g/mol. The molecule has 5 aromatic rings. The van der Waals surface area contributed by atoms with Gasteiger partial charge in [0.05, 0.1) is 24.6 Å². The lowest BCUT2D eigenvalue weighted by molar-refractivity contribution is 0.0930. The Hall–Kier alpha value is -4.47. The highest BCUT2D eigenvalue weighted by atomic mass is 28.4. The van der Waals surface area contributed by atoms with Crippen molar-refractivity contribution in [3.05, 3.63) is 107 Å². The van der Waals surface area contributed by atoms with Gasteiger partial charge in [-0.25, -0.2) is 9.67 Å². The largest absolute Gasteiger partial charge is 0.497 e. The smallest absolute Gasteiger partial charge is 0.251 e. The number of carbonyl (C=O) groups is 1. The van der Waals surface area contributed by atoms with Gasteiger partial charge in [0.1, 0.15) is 5.75 Å². The normalized spacial score (nSPS) is 18.6. The van der Waals surface area contributed by atoms with Crippen LogP contribution in [0.3, 0.4) is 0 Å². The maximum atomic E-state index is 13.4. The molecule has 9 heteroatoms. The predicted octanol–water partition coefficient (Wildman–Crippen LogP) is 10.6. The van der Waals surface area contributed by atoms with Crippen molar-refractivity contribution in [2.75, 3.05) is 12.4 Å². The van der Waals surface area contributed by atoms with Gasteiger partial charge in [-0.1, -0.05) is 90.1 Å². The van der Waals surface area contributed by atoms with Crippen LogP contribution in [0, 0.1) is 0 Å². The highest BCUT2D eigenvalue weighted by molar-refractivity contribution is 6.74. The third-order valence-corrected chi connectivity index (χ3v) is 16.8. The van der Waals surface area contributed by atoms with Crippen molar-refractivity contribution < 1.29 is 14.0 Å². The van der Waals surface area contributed by atoms with Crippen molar-refractivity contribution in [2.24, 2.45) is 0 Å². The number of nitrogens with zero attached hydrogens (tertiary/aromatic N) is 3. The highest BCUT2D eigenvalue weighted by Gasteiger charge is 2.46. The van der Waals surface area contributed by atoms with E-state index in [1.807, 2.05) is 35.1 Å². The van der Waals surface area contributed by atoms with E-state index in [9.17, 15) is 4.79 Å². The summed E-state index contributed by atoms with van der Waals surface area (Å²) in [6, 6.07) is 27.3. The number of carbonyl (C=O) groups excluding carboxylic acids is 1. The minimum Gasteiger partial charge on any atom is -0.497 e. The van der Waals surface area contributed by atoms with Gasteiger partial charge in [0.15, 0.2) is 19.8 Å². The highest BCUT2D eigenvalue weighted by Crippen LogP contribution is 2.47. The maximum Gasteiger partial charge on any atom is 0.251 e. The Bertz CT molecular complexity index is 2110. The number of hydrogen-bond acceptors (Lipinski definition) is 6. The second kappa shape index (κ2) is 14.9. The molecule has 0 radical (unpaired) electrons. The van der Waals surface area contributed by atoms with E-state index in [0.29, 0.717) is 24.3 Å². The number of fused-ring (bicyclic) bond motifs is 1. The molecule has 7 rings (SSSR count). The van der Waals surface area contributed by atoms with Gasteiger partial charge in [0.25, 0.3) is 5.91 Å². The van der Waals surface area contributed by atoms with Gasteiger partial charge in [-0.05, 0) is 120 Å². The summed E-state index contributed by atoms with van der Waals surface area (Å²) in [5.41, 5.74) is 6.89. The fourth-order valence-corrected chi connectivity index (χ4v) is 8.98. The molecular formula is C46H59N5O3Si. The van der Waals surface area contributed by atoms with Gasteiger partial charge in [0.2, 0.25) is 0 Å². The Morgan fingerprint density at radius 1 is 0.873 bits per heavy atom. The van der Waals surface area contributed by atoms with Crippen LogP contribution in [0.4, 0.5) is 5.82 Å². The molecule has 2 aromatic heterocycles. The monoisotopic (exact) mass is 757 g/mol. The van der Waals surface area contributed by atoms with E-state index in [2.05, 4.69) is 120 Å². The molecule has 290 valence electrons. The van der Waals surface area contributed by atoms with E-state index < -0.39 is 8.32 Å². The van der Waals surface area contributed by atoms with Crippen LogP contribution in [0.15, 0.2) is 85.1 Å². The zero-order valence-electron chi connectivity index (χ0n) is 34.3. The van der Waals surface area contributed by atoms with E-state index in [-0.39, 0.29) is 21.9 Å². The molecule has 55 heavy (non-hydrogen) atoms. The zero-order valence-corrected chi connectivity index (χ0v) is 35.3. The van der Waals surface area contributed by atoms with Crippen molar-refractivity contribution in [1.82, 2.24) is 20.1 Å². The fourth-order valence-electron chi connectivity index (χ4n) is 7.56. The van der Waals surface area contributed by atoms with Gasteiger partial charge in [0, 0.05) is 23.9 Å². The molecule has 0 unspecified atom stereocenters. The molecule has 0 spiro atoms. The molecule has 8 nitrogen and oxygen atoms in total. The molecular weight excluding hydrogens is 699 g/mol. The number of ether oxygens (including phenoxy) is 1. The number of amides is 1. The molecule has 2 heterocycles. The number of pyridine rings is 1. The van der Waals surface area contributed by atoms with E-state index >= 15 is 0 Å². The zero-order chi connectivity index (χ0) is 39.2. The molecule has 0 aliphatic heterocycles. The first-order chi connectivity index (χ1) is 26.0. The fraction of sp³-hybridized carbons (Fsp3) is 0.457. The van der Waals surface area contributed by atoms with Crippen molar-refractivity contribution >= 4 is 31.1 Å². The molecule has 2 aliphatic rings. The minimum atomic E-state index is -1.83. The van der Waals surface area contributed by atoms with Crippen LogP contribution in [-0.4, -0.2) is 48.2 Å². The Morgan fingerprint density at radius 2 is 1.53 bits per heavy atom. The van der Waals surface area contributed by atoms with Crippen LogP contribution in [0.2, 0.25) is 18.1 Å². The van der Waals surface area contributed by atoms with Gasteiger partial charge in [-0.15, -0.1) is 0 Å². The molecule has 2 fully saturated rings. The molecule has 0 atom stereocenters. The van der Waals surface area contributed by atoms with Gasteiger partial charge in [-0.3, -0.25) is 4.79 Å². The average Bonchev–Trinajstić information content (AvgIpc) is 3.86. The lowest BCUT2D eigenvalue weighted by Gasteiger charge is -2.41. The molecule has 0 saturated heterocycles. The van der Waals surface area contributed by atoms with Crippen LogP contribution in [-0.2, 0) is 21.9 Å². The minimum absolute atomic E-state index is 0.0292. The Kier molecular flexibility index (Phi) is 10.5.